The second-order valence-corrected chi connectivity index (χ2v) is 4.98. The number of hydrogen-bond acceptors (Lipinski definition) is 4. The van der Waals surface area contributed by atoms with Crippen LogP contribution in [0.4, 0.5) is 0 Å². The Balaban J connectivity index is 2.30. The largest absolute Gasteiger partial charge is 0.481 e. The van der Waals surface area contributed by atoms with Crippen LogP contribution in [0.25, 0.3) is 0 Å². The topological polar surface area (TPSA) is 66.3 Å². The highest BCUT2D eigenvalue weighted by molar-refractivity contribution is 5.68. The first kappa shape index (κ1) is 13.0. The van der Waals surface area contributed by atoms with Crippen molar-refractivity contribution in [1.82, 2.24) is 14.9 Å². The van der Waals surface area contributed by atoms with Crippen LogP contribution in [-0.2, 0) is 10.3 Å². The second kappa shape index (κ2) is 5.44. The molecule has 1 aromatic rings. The molecule has 1 atom stereocenters. The maximum atomic E-state index is 11.2. The number of rotatable bonds is 4. The molecule has 0 aliphatic carbocycles. The lowest BCUT2D eigenvalue weighted by atomic mass is 9.89. The van der Waals surface area contributed by atoms with Crippen LogP contribution >= 0.6 is 0 Å². The normalized spacial score (nSPS) is 20.3. The molecule has 1 aliphatic rings. The summed E-state index contributed by atoms with van der Waals surface area (Å²) >= 11 is 0. The van der Waals surface area contributed by atoms with Crippen molar-refractivity contribution in [3.63, 3.8) is 0 Å². The lowest BCUT2D eigenvalue weighted by molar-refractivity contribution is -0.140. The van der Waals surface area contributed by atoms with Gasteiger partial charge in [-0.15, -0.1) is 0 Å². The average Bonchev–Trinajstić information content (AvgIpc) is 2.40. The quantitative estimate of drug-likeness (QED) is 0.879. The van der Waals surface area contributed by atoms with Gasteiger partial charge < -0.3 is 5.11 Å². The van der Waals surface area contributed by atoms with Crippen molar-refractivity contribution in [2.45, 2.75) is 38.1 Å². The Bertz CT molecular complexity index is 404. The lowest BCUT2D eigenvalue weighted by Gasteiger charge is -2.42. The molecular formula is C13H19N3O2. The summed E-state index contributed by atoms with van der Waals surface area (Å²) in [5, 5.41) is 9.17. The molecule has 5 nitrogen and oxygen atoms in total. The molecular weight excluding hydrogens is 230 g/mol. The summed E-state index contributed by atoms with van der Waals surface area (Å²) in [7, 11) is 0. The summed E-state index contributed by atoms with van der Waals surface area (Å²) in [5.41, 5.74) is 0.190. The highest BCUT2D eigenvalue weighted by atomic mass is 16.4. The molecule has 0 bridgehead atoms. The SMILES string of the molecule is CC(CC(=O)O)(c1cnccn1)N1CCCCC1. The zero-order valence-electron chi connectivity index (χ0n) is 10.7. The van der Waals surface area contributed by atoms with Gasteiger partial charge in [-0.2, -0.15) is 0 Å². The molecule has 5 heteroatoms. The fraction of sp³-hybridized carbons (Fsp3) is 0.615. The van der Waals surface area contributed by atoms with Gasteiger partial charge in [0.2, 0.25) is 0 Å². The smallest absolute Gasteiger partial charge is 0.305 e. The summed E-state index contributed by atoms with van der Waals surface area (Å²) in [6.45, 7) is 3.82. The number of carbonyl (C=O) groups is 1. The molecule has 1 unspecified atom stereocenters. The Morgan fingerprint density at radius 2 is 2.11 bits per heavy atom. The van der Waals surface area contributed by atoms with E-state index in [-0.39, 0.29) is 6.42 Å². The molecule has 1 N–H and O–H groups in total. The van der Waals surface area contributed by atoms with Gasteiger partial charge in [0.05, 0.1) is 23.9 Å². The van der Waals surface area contributed by atoms with Crippen LogP contribution in [0.3, 0.4) is 0 Å². The molecule has 1 saturated heterocycles. The third-order valence-electron chi connectivity index (χ3n) is 3.66. The second-order valence-electron chi connectivity index (χ2n) is 4.98. The molecule has 18 heavy (non-hydrogen) atoms. The Kier molecular flexibility index (Phi) is 3.91. The molecule has 0 amide bonds. The number of likely N-dealkylation sites (tertiary alicyclic amines) is 1. The van der Waals surface area contributed by atoms with Crippen molar-refractivity contribution >= 4 is 5.97 Å². The number of piperidine rings is 1. The van der Waals surface area contributed by atoms with E-state index in [1.165, 1.54) is 6.42 Å². The molecule has 2 rings (SSSR count). The lowest BCUT2D eigenvalue weighted by Crippen LogP contribution is -2.48. The number of carboxylic acid groups (broad SMARTS) is 1. The first-order valence-corrected chi connectivity index (χ1v) is 6.36. The fourth-order valence-electron chi connectivity index (χ4n) is 2.62. The molecule has 1 aliphatic heterocycles. The number of hydrogen-bond donors (Lipinski definition) is 1. The van der Waals surface area contributed by atoms with Gasteiger partial charge in [-0.3, -0.25) is 19.7 Å². The summed E-state index contributed by atoms with van der Waals surface area (Å²) in [4.78, 5) is 21.8. The molecule has 2 heterocycles. The number of aromatic nitrogens is 2. The van der Waals surface area contributed by atoms with E-state index in [1.807, 2.05) is 6.92 Å². The van der Waals surface area contributed by atoms with Crippen molar-refractivity contribution < 1.29 is 9.90 Å². The predicted octanol–water partition coefficient (Wildman–Crippen LogP) is 1.65. The minimum absolute atomic E-state index is 0.0612. The monoisotopic (exact) mass is 249 g/mol. The van der Waals surface area contributed by atoms with Crippen molar-refractivity contribution in [2.75, 3.05) is 13.1 Å². The Morgan fingerprint density at radius 1 is 1.39 bits per heavy atom. The van der Waals surface area contributed by atoms with E-state index >= 15 is 0 Å². The van der Waals surface area contributed by atoms with E-state index in [4.69, 9.17) is 5.11 Å². The molecule has 1 aromatic heterocycles. The zero-order chi connectivity index (χ0) is 13.0. The zero-order valence-corrected chi connectivity index (χ0v) is 10.7. The van der Waals surface area contributed by atoms with Gasteiger partial charge in [0.15, 0.2) is 0 Å². The van der Waals surface area contributed by atoms with Crippen molar-refractivity contribution in [3.8, 4) is 0 Å². The molecule has 0 aromatic carbocycles. The van der Waals surface area contributed by atoms with E-state index in [9.17, 15) is 4.79 Å². The number of nitrogens with zero attached hydrogens (tertiary/aromatic N) is 3. The average molecular weight is 249 g/mol. The summed E-state index contributed by atoms with van der Waals surface area (Å²) in [6, 6.07) is 0. The van der Waals surface area contributed by atoms with Crippen molar-refractivity contribution in [1.29, 1.82) is 0 Å². The summed E-state index contributed by atoms with van der Waals surface area (Å²) < 4.78 is 0. The van der Waals surface area contributed by atoms with E-state index in [1.54, 1.807) is 18.6 Å². The van der Waals surface area contributed by atoms with Gasteiger partial charge in [-0.25, -0.2) is 0 Å². The van der Waals surface area contributed by atoms with Gasteiger partial charge in [0.25, 0.3) is 0 Å². The molecule has 0 saturated carbocycles. The minimum Gasteiger partial charge on any atom is -0.481 e. The van der Waals surface area contributed by atoms with Crippen molar-refractivity contribution in [2.24, 2.45) is 0 Å². The first-order chi connectivity index (χ1) is 8.63. The van der Waals surface area contributed by atoms with Gasteiger partial charge in [-0.1, -0.05) is 6.42 Å². The van der Waals surface area contributed by atoms with Crippen LogP contribution in [-0.4, -0.2) is 39.0 Å². The standard InChI is InChI=1S/C13H19N3O2/c1-13(9-12(17)18,11-10-14-5-6-15-11)16-7-3-2-4-8-16/h5-6,10H,2-4,7-9H2,1H3,(H,17,18). The van der Waals surface area contributed by atoms with E-state index in [0.29, 0.717) is 0 Å². The maximum Gasteiger partial charge on any atom is 0.305 e. The van der Waals surface area contributed by atoms with Gasteiger partial charge in [0.1, 0.15) is 0 Å². The van der Waals surface area contributed by atoms with Crippen molar-refractivity contribution in [3.05, 3.63) is 24.3 Å². The summed E-state index contributed by atoms with van der Waals surface area (Å²) in [6.07, 6.45) is 8.44. The Hall–Kier alpha value is -1.49. The third kappa shape index (κ3) is 2.67. The van der Waals surface area contributed by atoms with Crippen LogP contribution in [0.15, 0.2) is 18.6 Å². The van der Waals surface area contributed by atoms with Crippen LogP contribution < -0.4 is 0 Å². The fourth-order valence-corrected chi connectivity index (χ4v) is 2.62. The predicted molar refractivity (Wildman–Crippen MR) is 67.1 cm³/mol. The first-order valence-electron chi connectivity index (χ1n) is 6.36. The summed E-state index contributed by atoms with van der Waals surface area (Å²) in [5.74, 6) is -0.797. The molecule has 0 spiro atoms. The maximum absolute atomic E-state index is 11.2. The highest BCUT2D eigenvalue weighted by Crippen LogP contribution is 2.32. The van der Waals surface area contributed by atoms with Crippen LogP contribution in [0.5, 0.6) is 0 Å². The molecule has 1 fully saturated rings. The van der Waals surface area contributed by atoms with Gasteiger partial charge in [0, 0.05) is 12.4 Å². The Labute approximate surface area is 107 Å². The van der Waals surface area contributed by atoms with Gasteiger partial charge >= 0.3 is 5.97 Å². The third-order valence-corrected chi connectivity index (χ3v) is 3.66. The van der Waals surface area contributed by atoms with E-state index in [0.717, 1.165) is 31.6 Å². The van der Waals surface area contributed by atoms with Crippen LogP contribution in [0, 0.1) is 0 Å². The van der Waals surface area contributed by atoms with E-state index in [2.05, 4.69) is 14.9 Å². The number of carboxylic acids is 1. The molecule has 98 valence electrons. The molecule has 0 radical (unpaired) electrons. The Morgan fingerprint density at radius 3 is 2.67 bits per heavy atom. The highest BCUT2D eigenvalue weighted by Gasteiger charge is 2.38. The van der Waals surface area contributed by atoms with Gasteiger partial charge in [-0.05, 0) is 32.9 Å². The van der Waals surface area contributed by atoms with Crippen LogP contribution in [0.2, 0.25) is 0 Å². The van der Waals surface area contributed by atoms with Crippen LogP contribution in [0.1, 0.15) is 38.3 Å². The van der Waals surface area contributed by atoms with E-state index < -0.39 is 11.5 Å². The number of aliphatic carboxylic acids is 1. The minimum atomic E-state index is -0.797.